The number of rotatable bonds is 3. The molecule has 1 atom stereocenters. The number of amides is 2. The highest BCUT2D eigenvalue weighted by Crippen LogP contribution is 2.16. The van der Waals surface area contributed by atoms with Gasteiger partial charge >= 0.3 is 0 Å². The molecule has 0 radical (unpaired) electrons. The second kappa shape index (κ2) is 7.00. The normalized spacial score (nSPS) is 21.0. The smallest absolute Gasteiger partial charge is 0.239 e. The van der Waals surface area contributed by atoms with Gasteiger partial charge in [0.2, 0.25) is 11.8 Å². The zero-order valence-corrected chi connectivity index (χ0v) is 13.6. The summed E-state index contributed by atoms with van der Waals surface area (Å²) < 4.78 is 0. The zero-order valence-electron chi connectivity index (χ0n) is 13.6. The third-order valence-electron chi connectivity index (χ3n) is 4.69. The van der Waals surface area contributed by atoms with Crippen LogP contribution in [0.1, 0.15) is 6.92 Å². The van der Waals surface area contributed by atoms with Crippen LogP contribution in [0.5, 0.6) is 0 Å². The number of para-hydroxylation sites is 1. The van der Waals surface area contributed by atoms with Crippen molar-refractivity contribution in [3.8, 4) is 0 Å². The molecule has 2 saturated heterocycles. The van der Waals surface area contributed by atoms with E-state index in [1.165, 1.54) is 5.69 Å². The summed E-state index contributed by atoms with van der Waals surface area (Å²) in [6.07, 6.45) is 0. The predicted molar refractivity (Wildman–Crippen MR) is 89.3 cm³/mol. The predicted octanol–water partition coefficient (Wildman–Crippen LogP) is 0.156. The van der Waals surface area contributed by atoms with Crippen molar-refractivity contribution in [1.82, 2.24) is 15.1 Å². The number of carbonyl (C=O) groups is 2. The van der Waals surface area contributed by atoms with Crippen LogP contribution in [-0.2, 0) is 9.59 Å². The SMILES string of the molecule is CC(C(=O)N1CCN(c2ccccc2)CC1)N1CCNC(=O)C1. The first kappa shape index (κ1) is 15.8. The van der Waals surface area contributed by atoms with E-state index in [0.717, 1.165) is 32.7 Å². The monoisotopic (exact) mass is 316 g/mol. The first-order valence-electron chi connectivity index (χ1n) is 8.24. The van der Waals surface area contributed by atoms with Crippen molar-refractivity contribution in [3.63, 3.8) is 0 Å². The summed E-state index contributed by atoms with van der Waals surface area (Å²) in [4.78, 5) is 30.4. The van der Waals surface area contributed by atoms with Gasteiger partial charge < -0.3 is 15.1 Å². The van der Waals surface area contributed by atoms with Gasteiger partial charge in [-0.05, 0) is 19.1 Å². The molecule has 0 bridgehead atoms. The minimum atomic E-state index is -0.232. The van der Waals surface area contributed by atoms with E-state index in [4.69, 9.17) is 0 Å². The number of carbonyl (C=O) groups excluding carboxylic acids is 2. The Morgan fingerprint density at radius 1 is 1.09 bits per heavy atom. The molecule has 3 rings (SSSR count). The van der Waals surface area contributed by atoms with Crippen molar-refractivity contribution in [2.45, 2.75) is 13.0 Å². The second-order valence-corrected chi connectivity index (χ2v) is 6.14. The lowest BCUT2D eigenvalue weighted by Gasteiger charge is -2.39. The molecule has 1 N–H and O–H groups in total. The summed E-state index contributed by atoms with van der Waals surface area (Å²) >= 11 is 0. The van der Waals surface area contributed by atoms with E-state index in [1.54, 1.807) is 0 Å². The van der Waals surface area contributed by atoms with Crippen LogP contribution in [0.4, 0.5) is 5.69 Å². The molecule has 1 aromatic carbocycles. The van der Waals surface area contributed by atoms with Gasteiger partial charge in [0.05, 0.1) is 12.6 Å². The lowest BCUT2D eigenvalue weighted by Crippen LogP contribution is -2.58. The van der Waals surface area contributed by atoms with Crippen LogP contribution in [0, 0.1) is 0 Å². The second-order valence-electron chi connectivity index (χ2n) is 6.14. The number of benzene rings is 1. The molecule has 0 aliphatic carbocycles. The summed E-state index contributed by atoms with van der Waals surface area (Å²) in [5, 5.41) is 2.80. The fourth-order valence-corrected chi connectivity index (χ4v) is 3.23. The van der Waals surface area contributed by atoms with Crippen LogP contribution >= 0.6 is 0 Å². The third-order valence-corrected chi connectivity index (χ3v) is 4.69. The number of anilines is 1. The molecule has 1 unspecified atom stereocenters. The van der Waals surface area contributed by atoms with Crippen molar-refractivity contribution in [2.75, 3.05) is 50.7 Å². The van der Waals surface area contributed by atoms with Crippen molar-refractivity contribution in [3.05, 3.63) is 30.3 Å². The molecule has 1 aromatic rings. The Balaban J connectivity index is 1.54. The Hall–Kier alpha value is -2.08. The molecule has 0 aromatic heterocycles. The molecule has 0 saturated carbocycles. The highest BCUT2D eigenvalue weighted by Gasteiger charge is 2.30. The number of piperazine rings is 2. The highest BCUT2D eigenvalue weighted by atomic mass is 16.2. The van der Waals surface area contributed by atoms with E-state index in [0.29, 0.717) is 13.1 Å². The van der Waals surface area contributed by atoms with Crippen molar-refractivity contribution >= 4 is 17.5 Å². The van der Waals surface area contributed by atoms with Gasteiger partial charge in [0, 0.05) is 45.0 Å². The first-order valence-corrected chi connectivity index (χ1v) is 8.24. The fourth-order valence-electron chi connectivity index (χ4n) is 3.23. The quantitative estimate of drug-likeness (QED) is 0.863. The van der Waals surface area contributed by atoms with Crippen molar-refractivity contribution < 1.29 is 9.59 Å². The average molecular weight is 316 g/mol. The molecule has 2 heterocycles. The van der Waals surface area contributed by atoms with Crippen LogP contribution in [0.25, 0.3) is 0 Å². The minimum absolute atomic E-state index is 0.00444. The molecule has 6 nitrogen and oxygen atoms in total. The largest absolute Gasteiger partial charge is 0.368 e. The Kier molecular flexibility index (Phi) is 4.81. The lowest BCUT2D eigenvalue weighted by molar-refractivity contribution is -0.138. The van der Waals surface area contributed by atoms with E-state index < -0.39 is 0 Å². The summed E-state index contributed by atoms with van der Waals surface area (Å²) in [5.41, 5.74) is 1.21. The van der Waals surface area contributed by atoms with E-state index in [9.17, 15) is 9.59 Å². The van der Waals surface area contributed by atoms with Gasteiger partial charge in [-0.3, -0.25) is 14.5 Å². The van der Waals surface area contributed by atoms with Gasteiger partial charge in [0.15, 0.2) is 0 Å². The number of hydrogen-bond acceptors (Lipinski definition) is 4. The van der Waals surface area contributed by atoms with Crippen LogP contribution < -0.4 is 10.2 Å². The number of nitrogens with zero attached hydrogens (tertiary/aromatic N) is 3. The molecule has 2 aliphatic heterocycles. The Morgan fingerprint density at radius 2 is 1.78 bits per heavy atom. The Labute approximate surface area is 137 Å². The van der Waals surface area contributed by atoms with Gasteiger partial charge in [0.1, 0.15) is 0 Å². The molecule has 2 aliphatic rings. The summed E-state index contributed by atoms with van der Waals surface area (Å²) in [7, 11) is 0. The molecule has 6 heteroatoms. The molecule has 23 heavy (non-hydrogen) atoms. The van der Waals surface area contributed by atoms with Crippen LogP contribution in [0.2, 0.25) is 0 Å². The van der Waals surface area contributed by atoms with E-state index in [1.807, 2.05) is 34.9 Å². The maximum atomic E-state index is 12.7. The maximum Gasteiger partial charge on any atom is 0.239 e. The molecule has 124 valence electrons. The molecule has 2 fully saturated rings. The topological polar surface area (TPSA) is 55.9 Å². The van der Waals surface area contributed by atoms with E-state index >= 15 is 0 Å². The molecule has 2 amide bonds. The zero-order chi connectivity index (χ0) is 16.2. The third kappa shape index (κ3) is 3.64. The fraction of sp³-hybridized carbons (Fsp3) is 0.529. The first-order chi connectivity index (χ1) is 11.1. The molecule has 0 spiro atoms. The molecular weight excluding hydrogens is 292 g/mol. The maximum absolute atomic E-state index is 12.7. The van der Waals surface area contributed by atoms with E-state index in [-0.39, 0.29) is 17.9 Å². The van der Waals surface area contributed by atoms with Crippen LogP contribution in [-0.4, -0.2) is 73.5 Å². The lowest BCUT2D eigenvalue weighted by atomic mass is 10.2. The summed E-state index contributed by atoms with van der Waals surface area (Å²) in [6.45, 7) is 6.75. The number of nitrogens with one attached hydrogen (secondary N) is 1. The van der Waals surface area contributed by atoms with E-state index in [2.05, 4.69) is 22.3 Å². The Bertz CT molecular complexity index is 555. The highest BCUT2D eigenvalue weighted by molar-refractivity contribution is 5.84. The minimum Gasteiger partial charge on any atom is -0.368 e. The number of hydrogen-bond donors (Lipinski definition) is 1. The Morgan fingerprint density at radius 3 is 2.43 bits per heavy atom. The standard InChI is InChI=1S/C17H24N4O2/c1-14(21-8-7-18-16(22)13-21)17(23)20-11-9-19(10-12-20)15-5-3-2-4-6-15/h2-6,14H,7-13H2,1H3,(H,18,22). The molecular formula is C17H24N4O2. The average Bonchev–Trinajstić information content (AvgIpc) is 2.61. The summed E-state index contributed by atoms with van der Waals surface area (Å²) in [5.74, 6) is 0.136. The van der Waals surface area contributed by atoms with Crippen molar-refractivity contribution in [1.29, 1.82) is 0 Å². The van der Waals surface area contributed by atoms with Gasteiger partial charge in [-0.1, -0.05) is 18.2 Å². The van der Waals surface area contributed by atoms with Gasteiger partial charge in [-0.2, -0.15) is 0 Å². The van der Waals surface area contributed by atoms with Crippen LogP contribution in [0.3, 0.4) is 0 Å². The van der Waals surface area contributed by atoms with Crippen molar-refractivity contribution in [2.24, 2.45) is 0 Å². The van der Waals surface area contributed by atoms with Gasteiger partial charge in [0.25, 0.3) is 0 Å². The summed E-state index contributed by atoms with van der Waals surface area (Å²) in [6, 6.07) is 10.1. The van der Waals surface area contributed by atoms with Crippen LogP contribution in [0.15, 0.2) is 30.3 Å². The van der Waals surface area contributed by atoms with Gasteiger partial charge in [-0.15, -0.1) is 0 Å². The van der Waals surface area contributed by atoms with Gasteiger partial charge in [-0.25, -0.2) is 0 Å².